The van der Waals surface area contributed by atoms with Crippen molar-refractivity contribution in [3.8, 4) is 5.75 Å². The molecule has 0 unspecified atom stereocenters. The molecule has 0 saturated carbocycles. The van der Waals surface area contributed by atoms with Crippen molar-refractivity contribution in [2.45, 2.75) is 84.2 Å². The predicted molar refractivity (Wildman–Crippen MR) is 208 cm³/mol. The fourth-order valence-corrected chi connectivity index (χ4v) is 4.74. The summed E-state index contributed by atoms with van der Waals surface area (Å²) in [5.74, 6) is -0.384. The van der Waals surface area contributed by atoms with Gasteiger partial charge in [-0.2, -0.15) is 0 Å². The lowest BCUT2D eigenvalue weighted by molar-refractivity contribution is -0.134. The van der Waals surface area contributed by atoms with Gasteiger partial charge in [-0.15, -0.1) is 0 Å². The highest BCUT2D eigenvalue weighted by Crippen LogP contribution is 2.21. The number of unbranched alkanes of at least 4 members (excludes halogenated alkanes) is 1. The average molecular weight is 716 g/mol. The van der Waals surface area contributed by atoms with Crippen molar-refractivity contribution in [1.82, 2.24) is 16.0 Å². The smallest absolute Gasteiger partial charge is 0.263 e. The van der Waals surface area contributed by atoms with Gasteiger partial charge in [0.05, 0.1) is 0 Å². The Balaban J connectivity index is 1.50. The standard InChI is InChI=1S/C42H54ClN3O5/c1-4-5-6-7-8-9-10-11-12-13-14-15-16-17-18-19-20-21-38(47)44-32-33-45-39(48)30-31-46-41(50)42(2,3)51-37-28-24-35(25-29-37)40(49)34-22-26-36(43)27-23-34/h5-6,8-9,11-12,14-15,17-18,22-29H,4,7,10,13,16,19-21,30-33H2,1-3H3,(H,44,47)(H,45,48)(H,46,50). The first kappa shape index (κ1) is 42.5. The van der Waals surface area contributed by atoms with E-state index in [9.17, 15) is 19.2 Å². The third-order valence-electron chi connectivity index (χ3n) is 7.48. The first-order chi connectivity index (χ1) is 24.6. The van der Waals surface area contributed by atoms with Gasteiger partial charge in [0.1, 0.15) is 5.75 Å². The number of hydrogen-bond acceptors (Lipinski definition) is 5. The lowest BCUT2D eigenvalue weighted by Gasteiger charge is -2.25. The number of ketones is 1. The Morgan fingerprint density at radius 3 is 1.63 bits per heavy atom. The summed E-state index contributed by atoms with van der Waals surface area (Å²) in [5.41, 5.74) is -0.212. The van der Waals surface area contributed by atoms with E-state index in [0.717, 1.165) is 44.9 Å². The number of nitrogens with one attached hydrogen (secondary N) is 3. The minimum Gasteiger partial charge on any atom is -0.478 e. The highest BCUT2D eigenvalue weighted by atomic mass is 35.5. The molecule has 2 aromatic rings. The molecule has 51 heavy (non-hydrogen) atoms. The van der Waals surface area contributed by atoms with Gasteiger partial charge in [0.25, 0.3) is 5.91 Å². The first-order valence-corrected chi connectivity index (χ1v) is 18.2. The molecule has 9 heteroatoms. The molecule has 2 aromatic carbocycles. The van der Waals surface area contributed by atoms with Crippen LogP contribution in [0.15, 0.2) is 109 Å². The zero-order valence-electron chi connectivity index (χ0n) is 30.3. The summed E-state index contributed by atoms with van der Waals surface area (Å²) in [7, 11) is 0. The molecule has 0 fully saturated rings. The van der Waals surface area contributed by atoms with Gasteiger partial charge in [0.2, 0.25) is 11.8 Å². The molecule has 0 atom stereocenters. The number of rotatable bonds is 24. The van der Waals surface area contributed by atoms with Crippen LogP contribution in [-0.2, 0) is 14.4 Å². The SMILES string of the molecule is CCC=CCC=CCC=CCC=CCC=CCCCC(=O)NCCNC(=O)CCNC(=O)C(C)(C)Oc1ccc(C(=O)c2ccc(Cl)cc2)cc1. The third kappa shape index (κ3) is 19.3. The predicted octanol–water partition coefficient (Wildman–Crippen LogP) is 8.39. The molecule has 0 radical (unpaired) electrons. The van der Waals surface area contributed by atoms with Gasteiger partial charge in [-0.1, -0.05) is 79.3 Å². The van der Waals surface area contributed by atoms with E-state index >= 15 is 0 Å². The van der Waals surface area contributed by atoms with Crippen LogP contribution in [-0.4, -0.2) is 48.7 Å². The number of ether oxygens (including phenoxy) is 1. The largest absolute Gasteiger partial charge is 0.478 e. The lowest BCUT2D eigenvalue weighted by atomic mass is 10.0. The quantitative estimate of drug-likeness (QED) is 0.0574. The molecule has 0 aliphatic heterocycles. The number of benzene rings is 2. The molecule has 0 bridgehead atoms. The number of amides is 3. The highest BCUT2D eigenvalue weighted by Gasteiger charge is 2.29. The van der Waals surface area contributed by atoms with Crippen LogP contribution in [0, 0.1) is 0 Å². The van der Waals surface area contributed by atoms with E-state index in [4.69, 9.17) is 16.3 Å². The molecule has 0 saturated heterocycles. The second-order valence-corrected chi connectivity index (χ2v) is 12.7. The van der Waals surface area contributed by atoms with Crippen LogP contribution >= 0.6 is 11.6 Å². The van der Waals surface area contributed by atoms with Crippen molar-refractivity contribution in [2.24, 2.45) is 0 Å². The van der Waals surface area contributed by atoms with E-state index in [2.05, 4.69) is 83.6 Å². The Morgan fingerprint density at radius 2 is 1.10 bits per heavy atom. The Hall–Kier alpha value is -4.69. The molecule has 3 N–H and O–H groups in total. The van der Waals surface area contributed by atoms with Crippen LogP contribution in [0.2, 0.25) is 5.02 Å². The molecule has 0 aliphatic rings. The van der Waals surface area contributed by atoms with Crippen LogP contribution in [0.5, 0.6) is 5.75 Å². The monoisotopic (exact) mass is 715 g/mol. The number of carbonyl (C=O) groups excluding carboxylic acids is 4. The second-order valence-electron chi connectivity index (χ2n) is 12.3. The second kappa shape index (κ2) is 25.3. The summed E-state index contributed by atoms with van der Waals surface area (Å²) in [4.78, 5) is 49.7. The van der Waals surface area contributed by atoms with Gasteiger partial charge in [-0.05, 0) is 107 Å². The summed E-state index contributed by atoms with van der Waals surface area (Å²) in [6, 6.07) is 13.2. The Labute approximate surface area is 309 Å². The van der Waals surface area contributed by atoms with Crippen molar-refractivity contribution in [3.05, 3.63) is 125 Å². The third-order valence-corrected chi connectivity index (χ3v) is 7.73. The summed E-state index contributed by atoms with van der Waals surface area (Å²) in [6.07, 6.45) is 28.6. The minimum absolute atomic E-state index is 0.0473. The molecule has 0 heterocycles. The maximum absolute atomic E-state index is 12.7. The normalized spacial score (nSPS) is 12.0. The molecule has 274 valence electrons. The van der Waals surface area contributed by atoms with Crippen LogP contribution in [0.3, 0.4) is 0 Å². The number of hydrogen-bond donors (Lipinski definition) is 3. The molecule has 3 amide bonds. The van der Waals surface area contributed by atoms with Crippen LogP contribution in [0.25, 0.3) is 0 Å². The minimum atomic E-state index is -1.21. The van der Waals surface area contributed by atoms with E-state index in [1.165, 1.54) is 0 Å². The van der Waals surface area contributed by atoms with E-state index in [1.54, 1.807) is 62.4 Å². The Kier molecular flexibility index (Phi) is 21.1. The maximum atomic E-state index is 12.7. The lowest BCUT2D eigenvalue weighted by Crippen LogP contribution is -2.47. The van der Waals surface area contributed by atoms with Gasteiger partial charge < -0.3 is 20.7 Å². The fraction of sp³-hybridized carbons (Fsp3) is 0.381. The average Bonchev–Trinajstić information content (AvgIpc) is 3.11. The Bertz CT molecular complexity index is 1510. The van der Waals surface area contributed by atoms with Crippen molar-refractivity contribution in [2.75, 3.05) is 19.6 Å². The van der Waals surface area contributed by atoms with Crippen LogP contribution in [0.1, 0.15) is 94.5 Å². The van der Waals surface area contributed by atoms with Crippen molar-refractivity contribution in [1.29, 1.82) is 0 Å². The molecular formula is C42H54ClN3O5. The summed E-state index contributed by atoms with van der Waals surface area (Å²) in [6.45, 7) is 6.16. The summed E-state index contributed by atoms with van der Waals surface area (Å²) in [5, 5.41) is 8.85. The van der Waals surface area contributed by atoms with E-state index in [-0.39, 0.29) is 36.5 Å². The molecule has 0 aliphatic carbocycles. The molecule has 0 spiro atoms. The van der Waals surface area contributed by atoms with E-state index < -0.39 is 5.60 Å². The van der Waals surface area contributed by atoms with Gasteiger partial charge in [-0.3, -0.25) is 19.2 Å². The van der Waals surface area contributed by atoms with Crippen molar-refractivity contribution < 1.29 is 23.9 Å². The Morgan fingerprint density at radius 1 is 0.627 bits per heavy atom. The summed E-state index contributed by atoms with van der Waals surface area (Å²) >= 11 is 5.90. The highest BCUT2D eigenvalue weighted by molar-refractivity contribution is 6.30. The van der Waals surface area contributed by atoms with Gasteiger partial charge in [0.15, 0.2) is 11.4 Å². The van der Waals surface area contributed by atoms with E-state index in [0.29, 0.717) is 41.4 Å². The van der Waals surface area contributed by atoms with Crippen molar-refractivity contribution in [3.63, 3.8) is 0 Å². The summed E-state index contributed by atoms with van der Waals surface area (Å²) < 4.78 is 5.87. The number of halogens is 1. The molecule has 2 rings (SSSR count). The van der Waals surface area contributed by atoms with Crippen LogP contribution in [0.4, 0.5) is 0 Å². The molecular weight excluding hydrogens is 662 g/mol. The number of carbonyl (C=O) groups is 4. The van der Waals surface area contributed by atoms with Crippen molar-refractivity contribution >= 4 is 35.1 Å². The fourth-order valence-electron chi connectivity index (χ4n) is 4.62. The first-order valence-electron chi connectivity index (χ1n) is 17.8. The topological polar surface area (TPSA) is 114 Å². The zero-order valence-corrected chi connectivity index (χ0v) is 31.1. The van der Waals surface area contributed by atoms with Gasteiger partial charge in [-0.25, -0.2) is 0 Å². The number of allylic oxidation sites excluding steroid dienone is 10. The molecule has 8 nitrogen and oxygen atoms in total. The van der Waals surface area contributed by atoms with Gasteiger partial charge >= 0.3 is 0 Å². The molecule has 0 aromatic heterocycles. The van der Waals surface area contributed by atoms with E-state index in [1.807, 2.05) is 0 Å². The van der Waals surface area contributed by atoms with Crippen LogP contribution < -0.4 is 20.7 Å². The van der Waals surface area contributed by atoms with Gasteiger partial charge in [0, 0.05) is 48.6 Å². The zero-order chi connectivity index (χ0) is 37.2. The maximum Gasteiger partial charge on any atom is 0.263 e.